The average Bonchev–Trinajstić information content (AvgIpc) is 2.81. The molecule has 1 aliphatic rings. The predicted octanol–water partition coefficient (Wildman–Crippen LogP) is 1.88. The molecule has 1 atom stereocenters. The number of nitrogens with one attached hydrogen (secondary N) is 1. The molecule has 0 spiro atoms. The number of aliphatic hydroxyl groups is 1. The fourth-order valence-electron chi connectivity index (χ4n) is 2.74. The van der Waals surface area contributed by atoms with E-state index in [0.717, 1.165) is 52.1 Å². The maximum absolute atomic E-state index is 8.81. The predicted molar refractivity (Wildman–Crippen MR) is 84.1 cm³/mol. The zero-order valence-corrected chi connectivity index (χ0v) is 13.9. The molecule has 0 radical (unpaired) electrons. The van der Waals surface area contributed by atoms with Crippen molar-refractivity contribution >= 4 is 0 Å². The molecule has 2 N–H and O–H groups in total. The van der Waals surface area contributed by atoms with Crippen LogP contribution in [0.3, 0.4) is 0 Å². The molecule has 4 heteroatoms. The number of unbranched alkanes of at least 4 members (excludes halogenated alkanes) is 2. The highest BCUT2D eigenvalue weighted by Gasteiger charge is 2.36. The van der Waals surface area contributed by atoms with Gasteiger partial charge in [-0.05, 0) is 60.0 Å². The summed E-state index contributed by atoms with van der Waals surface area (Å²) in [6, 6.07) is 0. The summed E-state index contributed by atoms with van der Waals surface area (Å²) in [5.41, 5.74) is 0.425. The lowest BCUT2D eigenvalue weighted by Gasteiger charge is -2.35. The quantitative estimate of drug-likeness (QED) is 0.635. The van der Waals surface area contributed by atoms with E-state index >= 15 is 0 Å². The van der Waals surface area contributed by atoms with Gasteiger partial charge in [0.05, 0.1) is 6.61 Å². The van der Waals surface area contributed by atoms with E-state index in [9.17, 15) is 0 Å². The average molecular weight is 286 g/mol. The first-order valence-electron chi connectivity index (χ1n) is 7.99. The Morgan fingerprint density at radius 1 is 1.25 bits per heavy atom. The molecule has 0 amide bonds. The van der Waals surface area contributed by atoms with Crippen LogP contribution in [-0.4, -0.2) is 62.0 Å². The SMILES string of the molecule is CN(CCCCCO)CC1(CNC(C)(C)C)CCOC1. The minimum absolute atomic E-state index is 0.162. The molecule has 1 heterocycles. The standard InChI is InChI=1S/C16H34N2O2/c1-15(2,3)17-12-16(8-11-20-14-16)13-18(4)9-6-5-7-10-19/h17,19H,5-14H2,1-4H3. The second kappa shape index (κ2) is 8.32. The van der Waals surface area contributed by atoms with Gasteiger partial charge in [-0.3, -0.25) is 0 Å². The Kier molecular flexibility index (Phi) is 7.45. The normalized spacial score (nSPS) is 23.7. The number of ether oxygens (including phenoxy) is 1. The molecule has 1 aliphatic heterocycles. The monoisotopic (exact) mass is 286 g/mol. The molecule has 120 valence electrons. The Balaban J connectivity index is 2.37. The molecule has 0 aliphatic carbocycles. The highest BCUT2D eigenvalue weighted by molar-refractivity contribution is 4.90. The molecule has 4 nitrogen and oxygen atoms in total. The molecule has 0 aromatic carbocycles. The van der Waals surface area contributed by atoms with Crippen molar-refractivity contribution in [2.24, 2.45) is 5.41 Å². The minimum atomic E-state index is 0.162. The summed E-state index contributed by atoms with van der Waals surface area (Å²) in [5, 5.41) is 12.5. The van der Waals surface area contributed by atoms with Crippen molar-refractivity contribution in [2.45, 2.75) is 52.0 Å². The van der Waals surface area contributed by atoms with Crippen molar-refractivity contribution in [3.63, 3.8) is 0 Å². The summed E-state index contributed by atoms with van der Waals surface area (Å²) >= 11 is 0. The van der Waals surface area contributed by atoms with Crippen LogP contribution in [0.15, 0.2) is 0 Å². The van der Waals surface area contributed by atoms with Crippen LogP contribution in [-0.2, 0) is 4.74 Å². The van der Waals surface area contributed by atoms with Gasteiger partial charge in [0, 0.05) is 37.3 Å². The molecule has 1 fully saturated rings. The van der Waals surface area contributed by atoms with Gasteiger partial charge in [-0.15, -0.1) is 0 Å². The van der Waals surface area contributed by atoms with E-state index in [4.69, 9.17) is 9.84 Å². The highest BCUT2D eigenvalue weighted by atomic mass is 16.5. The van der Waals surface area contributed by atoms with E-state index in [0.29, 0.717) is 6.61 Å². The van der Waals surface area contributed by atoms with Crippen LogP contribution in [0.5, 0.6) is 0 Å². The van der Waals surface area contributed by atoms with Crippen LogP contribution >= 0.6 is 0 Å². The van der Waals surface area contributed by atoms with Crippen LogP contribution in [0.2, 0.25) is 0 Å². The van der Waals surface area contributed by atoms with E-state index in [1.165, 1.54) is 6.42 Å². The van der Waals surface area contributed by atoms with Gasteiger partial charge in [0.2, 0.25) is 0 Å². The van der Waals surface area contributed by atoms with Crippen LogP contribution in [0.25, 0.3) is 0 Å². The van der Waals surface area contributed by atoms with Crippen molar-refractivity contribution in [3.8, 4) is 0 Å². The van der Waals surface area contributed by atoms with Crippen LogP contribution in [0.1, 0.15) is 46.5 Å². The fraction of sp³-hybridized carbons (Fsp3) is 1.00. The maximum Gasteiger partial charge on any atom is 0.0547 e. The molecule has 0 saturated carbocycles. The number of rotatable bonds is 9. The zero-order valence-electron chi connectivity index (χ0n) is 13.9. The van der Waals surface area contributed by atoms with Gasteiger partial charge < -0.3 is 20.1 Å². The first-order chi connectivity index (χ1) is 9.37. The Labute approximate surface area is 124 Å². The van der Waals surface area contributed by atoms with Gasteiger partial charge in [-0.2, -0.15) is 0 Å². The summed E-state index contributed by atoms with van der Waals surface area (Å²) in [6.45, 7) is 12.0. The molecule has 0 aromatic rings. The summed E-state index contributed by atoms with van der Waals surface area (Å²) in [5.74, 6) is 0. The Hall–Kier alpha value is -0.160. The molecular formula is C16H34N2O2. The van der Waals surface area contributed by atoms with Crippen molar-refractivity contribution in [2.75, 3.05) is 46.5 Å². The van der Waals surface area contributed by atoms with Gasteiger partial charge >= 0.3 is 0 Å². The number of aliphatic hydroxyl groups excluding tert-OH is 1. The first-order valence-corrected chi connectivity index (χ1v) is 7.99. The summed E-state index contributed by atoms with van der Waals surface area (Å²) in [7, 11) is 2.20. The minimum Gasteiger partial charge on any atom is -0.396 e. The third-order valence-electron chi connectivity index (χ3n) is 3.98. The van der Waals surface area contributed by atoms with E-state index in [-0.39, 0.29) is 11.0 Å². The number of nitrogens with zero attached hydrogens (tertiary/aromatic N) is 1. The summed E-state index contributed by atoms with van der Waals surface area (Å²) in [6.07, 6.45) is 4.36. The summed E-state index contributed by atoms with van der Waals surface area (Å²) < 4.78 is 5.67. The second-order valence-corrected chi connectivity index (χ2v) is 7.43. The molecule has 0 bridgehead atoms. The third-order valence-corrected chi connectivity index (χ3v) is 3.98. The van der Waals surface area contributed by atoms with E-state index < -0.39 is 0 Å². The Bertz CT molecular complexity index is 258. The lowest BCUT2D eigenvalue weighted by Crippen LogP contribution is -2.48. The number of hydrogen-bond donors (Lipinski definition) is 2. The maximum atomic E-state index is 8.81. The van der Waals surface area contributed by atoms with Crippen molar-refractivity contribution in [1.82, 2.24) is 10.2 Å². The topological polar surface area (TPSA) is 44.7 Å². The Morgan fingerprint density at radius 3 is 2.55 bits per heavy atom. The second-order valence-electron chi connectivity index (χ2n) is 7.43. The lowest BCUT2D eigenvalue weighted by molar-refractivity contribution is 0.112. The molecular weight excluding hydrogens is 252 g/mol. The van der Waals surface area contributed by atoms with Gasteiger partial charge in [0.15, 0.2) is 0 Å². The molecule has 1 rings (SSSR count). The molecule has 1 unspecified atom stereocenters. The van der Waals surface area contributed by atoms with Crippen molar-refractivity contribution in [1.29, 1.82) is 0 Å². The third kappa shape index (κ3) is 7.02. The lowest BCUT2D eigenvalue weighted by atomic mass is 9.85. The van der Waals surface area contributed by atoms with Crippen LogP contribution in [0, 0.1) is 5.41 Å². The fourth-order valence-corrected chi connectivity index (χ4v) is 2.74. The van der Waals surface area contributed by atoms with Crippen LogP contribution in [0.4, 0.5) is 0 Å². The van der Waals surface area contributed by atoms with E-state index in [1.54, 1.807) is 0 Å². The smallest absolute Gasteiger partial charge is 0.0547 e. The number of hydrogen-bond acceptors (Lipinski definition) is 4. The van der Waals surface area contributed by atoms with Gasteiger partial charge in [-0.25, -0.2) is 0 Å². The highest BCUT2D eigenvalue weighted by Crippen LogP contribution is 2.29. The Morgan fingerprint density at radius 2 is 2.00 bits per heavy atom. The van der Waals surface area contributed by atoms with E-state index in [1.807, 2.05) is 0 Å². The first kappa shape index (κ1) is 17.9. The molecule has 20 heavy (non-hydrogen) atoms. The summed E-state index contributed by atoms with van der Waals surface area (Å²) in [4.78, 5) is 2.43. The van der Waals surface area contributed by atoms with Gasteiger partial charge in [-0.1, -0.05) is 0 Å². The van der Waals surface area contributed by atoms with Gasteiger partial charge in [0.1, 0.15) is 0 Å². The molecule has 1 saturated heterocycles. The largest absolute Gasteiger partial charge is 0.396 e. The van der Waals surface area contributed by atoms with E-state index in [2.05, 4.69) is 38.0 Å². The molecule has 0 aromatic heterocycles. The van der Waals surface area contributed by atoms with Gasteiger partial charge in [0.25, 0.3) is 0 Å². The van der Waals surface area contributed by atoms with Crippen molar-refractivity contribution in [3.05, 3.63) is 0 Å². The zero-order chi connectivity index (χ0) is 15.1. The van der Waals surface area contributed by atoms with Crippen molar-refractivity contribution < 1.29 is 9.84 Å². The van der Waals surface area contributed by atoms with Crippen LogP contribution < -0.4 is 5.32 Å².